The van der Waals surface area contributed by atoms with Crippen LogP contribution < -0.4 is 4.74 Å². The van der Waals surface area contributed by atoms with E-state index < -0.39 is 17.7 Å². The zero-order chi connectivity index (χ0) is 28.1. The van der Waals surface area contributed by atoms with Crippen LogP contribution in [0.2, 0.25) is 10.0 Å². The van der Waals surface area contributed by atoms with E-state index in [1.54, 1.807) is 42.5 Å². The van der Waals surface area contributed by atoms with Crippen LogP contribution in [0.5, 0.6) is 5.75 Å². The quantitative estimate of drug-likeness (QED) is 0.169. The highest BCUT2D eigenvalue weighted by molar-refractivity contribution is 6.46. The van der Waals surface area contributed by atoms with Gasteiger partial charge in [-0.25, -0.2) is 0 Å². The van der Waals surface area contributed by atoms with Crippen LogP contribution in [0.3, 0.4) is 0 Å². The van der Waals surface area contributed by atoms with Crippen molar-refractivity contribution in [3.63, 3.8) is 0 Å². The van der Waals surface area contributed by atoms with E-state index in [1.165, 1.54) is 4.90 Å². The summed E-state index contributed by atoms with van der Waals surface area (Å²) in [7, 11) is 0. The highest BCUT2D eigenvalue weighted by atomic mass is 35.5. The number of rotatable bonds is 10. The smallest absolute Gasteiger partial charge is 0.295 e. The first kappa shape index (κ1) is 28.7. The summed E-state index contributed by atoms with van der Waals surface area (Å²) in [5.41, 5.74) is 3.23. The lowest BCUT2D eigenvalue weighted by molar-refractivity contribution is -0.140. The topological polar surface area (TPSA) is 70.1 Å². The van der Waals surface area contributed by atoms with Gasteiger partial charge in [-0.1, -0.05) is 72.9 Å². The van der Waals surface area contributed by atoms with E-state index in [0.29, 0.717) is 46.6 Å². The fraction of sp³-hybridized carbons (Fsp3) is 0.290. The fourth-order valence-electron chi connectivity index (χ4n) is 4.76. The largest absolute Gasteiger partial charge is 0.507 e. The standard InChI is InChI=1S/C31H32Cl2N2O4/c1-4-34(5-2)15-16-35-28(23-11-14-25(32)26(33)18-23)27(30(37)31(35)38)29(36)22-9-12-24(13-10-22)39-19-21-8-6-7-20(3)17-21/h6-14,17-18,28,36H,4-5,15-16,19H2,1-3H3/b29-27+. The van der Waals surface area contributed by atoms with Crippen LogP contribution in [0.15, 0.2) is 72.3 Å². The van der Waals surface area contributed by atoms with Crippen molar-refractivity contribution in [2.45, 2.75) is 33.4 Å². The Bertz CT molecular complexity index is 1380. The number of halogens is 2. The molecule has 1 heterocycles. The third kappa shape index (κ3) is 6.47. The summed E-state index contributed by atoms with van der Waals surface area (Å²) in [4.78, 5) is 30.2. The van der Waals surface area contributed by atoms with Gasteiger partial charge in [0.05, 0.1) is 21.7 Å². The molecular weight excluding hydrogens is 535 g/mol. The Morgan fingerprint density at radius 1 is 0.974 bits per heavy atom. The summed E-state index contributed by atoms with van der Waals surface area (Å²) in [6.07, 6.45) is 0. The number of Topliss-reactive ketones (excluding diaryl/α,β-unsaturated/α-hetero) is 1. The predicted octanol–water partition coefficient (Wildman–Crippen LogP) is 6.64. The molecule has 1 fully saturated rings. The number of aliphatic hydroxyl groups is 1. The number of hydrogen-bond donors (Lipinski definition) is 1. The van der Waals surface area contributed by atoms with Gasteiger partial charge in [0.25, 0.3) is 11.7 Å². The van der Waals surface area contributed by atoms with E-state index in [2.05, 4.69) is 11.0 Å². The molecule has 1 aliphatic heterocycles. The van der Waals surface area contributed by atoms with Gasteiger partial charge in [0.2, 0.25) is 0 Å². The molecule has 1 saturated heterocycles. The average Bonchev–Trinajstić information content (AvgIpc) is 3.19. The van der Waals surface area contributed by atoms with Crippen molar-refractivity contribution < 1.29 is 19.4 Å². The van der Waals surface area contributed by atoms with Crippen LogP contribution in [-0.2, 0) is 16.2 Å². The Kier molecular flexibility index (Phi) is 9.33. The van der Waals surface area contributed by atoms with Crippen LogP contribution in [0.4, 0.5) is 0 Å². The number of nitrogens with zero attached hydrogens (tertiary/aromatic N) is 2. The van der Waals surface area contributed by atoms with Gasteiger partial charge in [-0.05, 0) is 67.5 Å². The zero-order valence-electron chi connectivity index (χ0n) is 22.3. The summed E-state index contributed by atoms with van der Waals surface area (Å²) < 4.78 is 5.89. The van der Waals surface area contributed by atoms with Gasteiger partial charge in [-0.15, -0.1) is 0 Å². The Hall–Kier alpha value is -3.32. The number of likely N-dealkylation sites (tertiary alicyclic amines) is 1. The van der Waals surface area contributed by atoms with Crippen LogP contribution in [0, 0.1) is 6.92 Å². The van der Waals surface area contributed by atoms with E-state index in [0.717, 1.165) is 24.2 Å². The molecule has 3 aromatic carbocycles. The van der Waals surface area contributed by atoms with Crippen molar-refractivity contribution in [2.24, 2.45) is 0 Å². The summed E-state index contributed by atoms with van der Waals surface area (Å²) >= 11 is 12.5. The fourth-order valence-corrected chi connectivity index (χ4v) is 5.07. The van der Waals surface area contributed by atoms with Gasteiger partial charge in [0.15, 0.2) is 0 Å². The van der Waals surface area contributed by atoms with E-state index in [-0.39, 0.29) is 11.3 Å². The summed E-state index contributed by atoms with van der Waals surface area (Å²) in [5.74, 6) is -1.02. The third-order valence-electron chi connectivity index (χ3n) is 6.97. The molecule has 1 unspecified atom stereocenters. The molecule has 1 N–H and O–H groups in total. The molecule has 0 radical (unpaired) electrons. The van der Waals surface area contributed by atoms with Crippen molar-refractivity contribution in [1.29, 1.82) is 0 Å². The van der Waals surface area contributed by atoms with Gasteiger partial charge in [0, 0.05) is 18.7 Å². The van der Waals surface area contributed by atoms with Crippen molar-refractivity contribution in [2.75, 3.05) is 26.2 Å². The third-order valence-corrected chi connectivity index (χ3v) is 7.71. The van der Waals surface area contributed by atoms with Crippen molar-refractivity contribution in [3.8, 4) is 5.75 Å². The van der Waals surface area contributed by atoms with E-state index >= 15 is 0 Å². The van der Waals surface area contributed by atoms with Crippen molar-refractivity contribution >= 4 is 40.7 Å². The van der Waals surface area contributed by atoms with E-state index in [1.807, 2.05) is 39.0 Å². The van der Waals surface area contributed by atoms with Gasteiger partial charge < -0.3 is 19.6 Å². The molecule has 0 bridgehead atoms. The molecule has 6 nitrogen and oxygen atoms in total. The number of aliphatic hydroxyl groups excluding tert-OH is 1. The molecule has 1 atom stereocenters. The molecule has 1 aliphatic rings. The number of ketones is 1. The lowest BCUT2D eigenvalue weighted by Crippen LogP contribution is -2.38. The Morgan fingerprint density at radius 2 is 1.69 bits per heavy atom. The Labute approximate surface area is 239 Å². The highest BCUT2D eigenvalue weighted by Crippen LogP contribution is 2.41. The zero-order valence-corrected chi connectivity index (χ0v) is 23.8. The minimum atomic E-state index is -0.799. The lowest BCUT2D eigenvalue weighted by Gasteiger charge is -2.28. The number of benzene rings is 3. The molecule has 39 heavy (non-hydrogen) atoms. The minimum absolute atomic E-state index is 0.0198. The summed E-state index contributed by atoms with van der Waals surface area (Å²) in [5, 5.41) is 12.0. The van der Waals surface area contributed by atoms with Crippen LogP contribution >= 0.6 is 23.2 Å². The average molecular weight is 568 g/mol. The predicted molar refractivity (Wildman–Crippen MR) is 155 cm³/mol. The molecule has 204 valence electrons. The van der Waals surface area contributed by atoms with Gasteiger partial charge in [-0.3, -0.25) is 9.59 Å². The Balaban J connectivity index is 1.66. The number of hydrogen-bond acceptors (Lipinski definition) is 5. The van der Waals surface area contributed by atoms with Crippen LogP contribution in [0.1, 0.15) is 42.1 Å². The number of likely N-dealkylation sites (N-methyl/N-ethyl adjacent to an activating group) is 1. The molecule has 0 aliphatic carbocycles. The van der Waals surface area contributed by atoms with E-state index in [4.69, 9.17) is 27.9 Å². The van der Waals surface area contributed by atoms with E-state index in [9.17, 15) is 14.7 Å². The molecule has 8 heteroatoms. The van der Waals surface area contributed by atoms with Gasteiger partial charge >= 0.3 is 0 Å². The Morgan fingerprint density at radius 3 is 2.33 bits per heavy atom. The number of carbonyl (C=O) groups is 2. The molecule has 4 rings (SSSR count). The first-order chi connectivity index (χ1) is 18.7. The molecular formula is C31H32Cl2N2O4. The minimum Gasteiger partial charge on any atom is -0.507 e. The van der Waals surface area contributed by atoms with Crippen molar-refractivity contribution in [3.05, 3.63) is 105 Å². The maximum absolute atomic E-state index is 13.3. The van der Waals surface area contributed by atoms with Crippen LogP contribution in [0.25, 0.3) is 5.76 Å². The SMILES string of the molecule is CCN(CC)CCN1C(=O)C(=O)/C(=C(/O)c2ccc(OCc3cccc(C)c3)cc2)C1c1ccc(Cl)c(Cl)c1. The summed E-state index contributed by atoms with van der Waals surface area (Å²) in [6.45, 7) is 9.06. The maximum Gasteiger partial charge on any atom is 0.295 e. The second kappa shape index (κ2) is 12.7. The highest BCUT2D eigenvalue weighted by Gasteiger charge is 2.46. The van der Waals surface area contributed by atoms with Crippen molar-refractivity contribution in [1.82, 2.24) is 9.80 Å². The molecule has 0 spiro atoms. The monoisotopic (exact) mass is 566 g/mol. The van der Waals surface area contributed by atoms with Gasteiger partial charge in [0.1, 0.15) is 18.1 Å². The number of carbonyl (C=O) groups excluding carboxylic acids is 2. The first-order valence-corrected chi connectivity index (χ1v) is 13.7. The number of ether oxygens (including phenoxy) is 1. The molecule has 0 saturated carbocycles. The summed E-state index contributed by atoms with van der Waals surface area (Å²) in [6, 6.07) is 19.1. The number of aryl methyl sites for hydroxylation is 1. The number of amides is 1. The van der Waals surface area contributed by atoms with Crippen LogP contribution in [-0.4, -0.2) is 52.8 Å². The molecule has 3 aromatic rings. The second-order valence-corrected chi connectivity index (χ2v) is 10.3. The molecule has 0 aromatic heterocycles. The van der Waals surface area contributed by atoms with Gasteiger partial charge in [-0.2, -0.15) is 0 Å². The molecule has 1 amide bonds. The first-order valence-electron chi connectivity index (χ1n) is 13.0. The maximum atomic E-state index is 13.3. The lowest BCUT2D eigenvalue weighted by atomic mass is 9.95. The normalized spacial score (nSPS) is 16.8. The second-order valence-electron chi connectivity index (χ2n) is 9.50.